The average molecular weight is 622 g/mol. The highest BCUT2D eigenvalue weighted by Crippen LogP contribution is 2.33. The molecule has 0 spiro atoms. The first kappa shape index (κ1) is 29.7. The maximum absolute atomic E-state index is 15.3. The van der Waals surface area contributed by atoms with Crippen molar-refractivity contribution in [2.24, 2.45) is 7.05 Å². The number of hydrogen-bond acceptors (Lipinski definition) is 5. The van der Waals surface area contributed by atoms with Crippen LogP contribution in [-0.2, 0) is 20.1 Å². The number of aromatic nitrogens is 3. The molecular formula is C29H18ClF6N3O4. The molecule has 3 aromatic carbocycles. The third-order valence-electron chi connectivity index (χ3n) is 6.49. The molecule has 5 aromatic rings. The lowest BCUT2D eigenvalue weighted by atomic mass is 10.0. The maximum Gasteiger partial charge on any atom is 0.387 e. The molecule has 0 saturated heterocycles. The molecule has 0 fully saturated rings. The molecule has 222 valence electrons. The number of rotatable bonds is 9. The average Bonchev–Trinajstić information content (AvgIpc) is 3.27. The number of alkyl halides is 2. The number of benzene rings is 3. The fourth-order valence-corrected chi connectivity index (χ4v) is 4.51. The van der Waals surface area contributed by atoms with Gasteiger partial charge in [-0.15, -0.1) is 0 Å². The van der Waals surface area contributed by atoms with Crippen LogP contribution < -0.4 is 9.47 Å². The van der Waals surface area contributed by atoms with Gasteiger partial charge in [-0.05, 0) is 36.4 Å². The Hall–Kier alpha value is -4.78. The molecule has 1 N–H and O–H groups in total. The van der Waals surface area contributed by atoms with Crippen LogP contribution in [0.25, 0.3) is 22.3 Å². The zero-order valence-electron chi connectivity index (χ0n) is 21.8. The highest BCUT2D eigenvalue weighted by atomic mass is 35.5. The van der Waals surface area contributed by atoms with E-state index in [1.165, 1.54) is 41.9 Å². The van der Waals surface area contributed by atoms with Crippen molar-refractivity contribution in [3.63, 3.8) is 0 Å². The summed E-state index contributed by atoms with van der Waals surface area (Å²) in [4.78, 5) is 19.7. The Bertz CT molecular complexity index is 1880. The Morgan fingerprint density at radius 3 is 2.47 bits per heavy atom. The molecule has 0 aliphatic heterocycles. The summed E-state index contributed by atoms with van der Waals surface area (Å²) in [5, 5.41) is 9.53. The quantitative estimate of drug-likeness (QED) is 0.137. The van der Waals surface area contributed by atoms with Crippen molar-refractivity contribution in [1.82, 2.24) is 14.5 Å². The summed E-state index contributed by atoms with van der Waals surface area (Å²) in [6, 6.07) is 10.8. The van der Waals surface area contributed by atoms with Crippen LogP contribution in [0.3, 0.4) is 0 Å². The number of carboxylic acids is 1. The molecule has 43 heavy (non-hydrogen) atoms. The fourth-order valence-electron chi connectivity index (χ4n) is 4.35. The maximum atomic E-state index is 15.3. The van der Waals surface area contributed by atoms with Crippen molar-refractivity contribution in [3.05, 3.63) is 105 Å². The van der Waals surface area contributed by atoms with Crippen molar-refractivity contribution in [2.45, 2.75) is 19.6 Å². The number of aromatic carboxylic acids is 1. The summed E-state index contributed by atoms with van der Waals surface area (Å²) in [5.74, 6) is -6.90. The minimum Gasteiger partial charge on any atom is -0.478 e. The predicted octanol–water partition coefficient (Wildman–Crippen LogP) is 7.31. The van der Waals surface area contributed by atoms with E-state index >= 15 is 13.2 Å². The third kappa shape index (κ3) is 6.07. The zero-order valence-corrected chi connectivity index (χ0v) is 22.6. The Balaban J connectivity index is 1.46. The standard InChI is InChI=1S/C29H18ClF6N3O4/c1-39-21-7-14(28(40)41)8-22(43-29(35)36)27(21)38-23(39)11-16-19(32)10-17(26(34)25(16)33)20-3-2-4-24(37-20)42-12-13-5-6-15(30)9-18(13)31/h2-10,29H,11-12H2,1H3,(H,40,41). The van der Waals surface area contributed by atoms with Gasteiger partial charge in [-0.2, -0.15) is 8.78 Å². The Morgan fingerprint density at radius 1 is 1.00 bits per heavy atom. The molecule has 0 saturated carbocycles. The molecule has 0 radical (unpaired) electrons. The van der Waals surface area contributed by atoms with Gasteiger partial charge >= 0.3 is 12.6 Å². The summed E-state index contributed by atoms with van der Waals surface area (Å²) in [6.45, 7) is -3.55. The summed E-state index contributed by atoms with van der Waals surface area (Å²) in [7, 11) is 1.37. The normalized spacial score (nSPS) is 11.4. The van der Waals surface area contributed by atoms with Gasteiger partial charge in [0.15, 0.2) is 17.4 Å². The van der Waals surface area contributed by atoms with E-state index in [2.05, 4.69) is 14.7 Å². The van der Waals surface area contributed by atoms with Gasteiger partial charge < -0.3 is 19.1 Å². The molecule has 14 heteroatoms. The summed E-state index contributed by atoms with van der Waals surface area (Å²) >= 11 is 5.74. The lowest BCUT2D eigenvalue weighted by Crippen LogP contribution is -2.07. The largest absolute Gasteiger partial charge is 0.478 e. The minimum absolute atomic E-state index is 0.0305. The van der Waals surface area contributed by atoms with Gasteiger partial charge in [0, 0.05) is 41.2 Å². The van der Waals surface area contributed by atoms with Gasteiger partial charge in [0.1, 0.15) is 29.6 Å². The molecular weight excluding hydrogens is 604 g/mol. The molecule has 2 heterocycles. The van der Waals surface area contributed by atoms with Gasteiger partial charge in [-0.1, -0.05) is 23.7 Å². The van der Waals surface area contributed by atoms with Gasteiger partial charge in [0.25, 0.3) is 0 Å². The van der Waals surface area contributed by atoms with E-state index in [0.717, 1.165) is 24.3 Å². The molecule has 2 aromatic heterocycles. The molecule has 0 bridgehead atoms. The van der Waals surface area contributed by atoms with Crippen molar-refractivity contribution in [1.29, 1.82) is 0 Å². The summed E-state index contributed by atoms with van der Waals surface area (Å²) in [6.07, 6.45) is -0.625. The van der Waals surface area contributed by atoms with E-state index in [1.807, 2.05) is 0 Å². The number of imidazole rings is 1. The van der Waals surface area contributed by atoms with Crippen LogP contribution in [0.1, 0.15) is 27.3 Å². The van der Waals surface area contributed by atoms with Crippen molar-refractivity contribution in [2.75, 3.05) is 0 Å². The van der Waals surface area contributed by atoms with Crippen LogP contribution in [0.5, 0.6) is 11.6 Å². The van der Waals surface area contributed by atoms with Crippen molar-refractivity contribution >= 4 is 28.6 Å². The number of halogens is 7. The van der Waals surface area contributed by atoms with Gasteiger partial charge in [0.2, 0.25) is 5.88 Å². The second-order valence-corrected chi connectivity index (χ2v) is 9.62. The number of pyridine rings is 1. The number of hydrogen-bond donors (Lipinski definition) is 1. The number of carboxylic acid groups (broad SMARTS) is 1. The number of aryl methyl sites for hydroxylation is 1. The lowest BCUT2D eigenvalue weighted by Gasteiger charge is -2.12. The van der Waals surface area contributed by atoms with Gasteiger partial charge in [-0.25, -0.2) is 32.3 Å². The first-order chi connectivity index (χ1) is 20.4. The number of fused-ring (bicyclic) bond motifs is 1. The highest BCUT2D eigenvalue weighted by molar-refractivity contribution is 6.30. The van der Waals surface area contributed by atoms with Crippen LogP contribution in [0.2, 0.25) is 5.02 Å². The molecule has 5 rings (SSSR count). The zero-order chi connectivity index (χ0) is 31.0. The molecule has 0 unspecified atom stereocenters. The second-order valence-electron chi connectivity index (χ2n) is 9.19. The molecule has 0 amide bonds. The van der Waals surface area contributed by atoms with E-state index in [0.29, 0.717) is 0 Å². The van der Waals surface area contributed by atoms with Crippen LogP contribution >= 0.6 is 11.6 Å². The number of nitrogens with zero attached hydrogens (tertiary/aromatic N) is 3. The van der Waals surface area contributed by atoms with E-state index < -0.39 is 59.1 Å². The van der Waals surface area contributed by atoms with Crippen LogP contribution in [-0.4, -0.2) is 32.2 Å². The monoisotopic (exact) mass is 621 g/mol. The van der Waals surface area contributed by atoms with Crippen LogP contribution in [0.4, 0.5) is 26.3 Å². The Morgan fingerprint density at radius 2 is 1.77 bits per heavy atom. The van der Waals surface area contributed by atoms with Crippen molar-refractivity contribution in [3.8, 4) is 22.9 Å². The summed E-state index contributed by atoms with van der Waals surface area (Å²) in [5.41, 5.74) is -1.79. The topological polar surface area (TPSA) is 86.5 Å². The first-order valence-corrected chi connectivity index (χ1v) is 12.7. The smallest absolute Gasteiger partial charge is 0.387 e. The first-order valence-electron chi connectivity index (χ1n) is 12.3. The molecule has 0 aliphatic rings. The van der Waals surface area contributed by atoms with Crippen LogP contribution in [0, 0.1) is 23.3 Å². The Labute approximate surface area is 243 Å². The molecule has 0 atom stereocenters. The van der Waals surface area contributed by atoms with Crippen LogP contribution in [0.15, 0.2) is 54.6 Å². The highest BCUT2D eigenvalue weighted by Gasteiger charge is 2.24. The second kappa shape index (κ2) is 11.8. The Kier molecular flexibility index (Phi) is 8.18. The third-order valence-corrected chi connectivity index (χ3v) is 6.72. The fraction of sp³-hybridized carbons (Fsp3) is 0.138. The molecule has 7 nitrogen and oxygen atoms in total. The van der Waals surface area contributed by atoms with Gasteiger partial charge in [0.05, 0.1) is 16.8 Å². The molecule has 0 aliphatic carbocycles. The predicted molar refractivity (Wildman–Crippen MR) is 142 cm³/mol. The number of ether oxygens (including phenoxy) is 2. The van der Waals surface area contributed by atoms with E-state index in [1.54, 1.807) is 0 Å². The number of carbonyl (C=O) groups is 1. The van der Waals surface area contributed by atoms with E-state index in [4.69, 9.17) is 16.3 Å². The van der Waals surface area contributed by atoms with Crippen molar-refractivity contribution < 1.29 is 45.7 Å². The lowest BCUT2D eigenvalue weighted by molar-refractivity contribution is -0.0489. The minimum atomic E-state index is -3.30. The van der Waals surface area contributed by atoms with E-state index in [9.17, 15) is 23.1 Å². The van der Waals surface area contributed by atoms with Gasteiger partial charge in [-0.3, -0.25) is 0 Å². The van der Waals surface area contributed by atoms with E-state index in [-0.39, 0.29) is 51.2 Å². The summed E-state index contributed by atoms with van der Waals surface area (Å²) < 4.78 is 96.9. The SMILES string of the molecule is Cn1c(Cc2c(F)cc(-c3cccc(OCc4ccc(Cl)cc4F)n3)c(F)c2F)nc2c(OC(F)F)cc(C(=O)O)cc21.